The monoisotopic (exact) mass is 224 g/mol. The van der Waals surface area contributed by atoms with Crippen LogP contribution in [-0.2, 0) is 4.79 Å². The van der Waals surface area contributed by atoms with Crippen LogP contribution in [0.1, 0.15) is 26.7 Å². The van der Waals surface area contributed by atoms with Gasteiger partial charge >= 0.3 is 5.97 Å². The van der Waals surface area contributed by atoms with Gasteiger partial charge in [-0.25, -0.2) is 4.79 Å². The van der Waals surface area contributed by atoms with E-state index >= 15 is 0 Å². The summed E-state index contributed by atoms with van der Waals surface area (Å²) in [5.41, 5.74) is -1.22. The molecular weight excluding hydrogens is 208 g/mol. The van der Waals surface area contributed by atoms with E-state index in [9.17, 15) is 4.79 Å². The summed E-state index contributed by atoms with van der Waals surface area (Å²) in [4.78, 5) is 11.1. The molecule has 0 spiro atoms. The van der Waals surface area contributed by atoms with Crippen molar-refractivity contribution in [1.29, 1.82) is 0 Å². The number of phenolic OH excluding ortho intramolecular Hbond substituents is 1. The number of rotatable bonds is 5. The minimum atomic E-state index is -1.22. The molecule has 0 aliphatic rings. The molecule has 4 nitrogen and oxygen atoms in total. The van der Waals surface area contributed by atoms with Gasteiger partial charge in [0, 0.05) is 0 Å². The highest BCUT2D eigenvalue weighted by Gasteiger charge is 2.34. The van der Waals surface area contributed by atoms with Crippen molar-refractivity contribution < 1.29 is 19.7 Å². The molecule has 0 amide bonds. The van der Waals surface area contributed by atoms with Crippen molar-refractivity contribution in [2.24, 2.45) is 0 Å². The fourth-order valence-electron chi connectivity index (χ4n) is 1.45. The molecule has 0 fully saturated rings. The molecule has 88 valence electrons. The Kier molecular flexibility index (Phi) is 3.77. The van der Waals surface area contributed by atoms with Crippen LogP contribution in [0.2, 0.25) is 0 Å². The van der Waals surface area contributed by atoms with E-state index < -0.39 is 11.6 Å². The Balaban J connectivity index is 2.83. The van der Waals surface area contributed by atoms with Crippen LogP contribution in [0.4, 0.5) is 0 Å². The fourth-order valence-corrected chi connectivity index (χ4v) is 1.45. The van der Waals surface area contributed by atoms with Crippen LogP contribution in [0.15, 0.2) is 24.3 Å². The smallest absolute Gasteiger partial charge is 0.347 e. The molecule has 1 aromatic carbocycles. The number of hydrogen-bond acceptors (Lipinski definition) is 3. The number of phenols is 1. The predicted octanol–water partition coefficient (Wildman–Crippen LogP) is 2.41. The molecule has 1 aromatic rings. The molecule has 4 heteroatoms. The van der Waals surface area contributed by atoms with E-state index in [1.54, 1.807) is 19.1 Å². The molecule has 0 heterocycles. The summed E-state index contributed by atoms with van der Waals surface area (Å²) < 4.78 is 5.45. The number of benzene rings is 1. The van der Waals surface area contributed by atoms with E-state index in [2.05, 4.69) is 0 Å². The maximum absolute atomic E-state index is 11.1. The Morgan fingerprint density at radius 1 is 1.38 bits per heavy atom. The quantitative estimate of drug-likeness (QED) is 0.806. The zero-order valence-corrected chi connectivity index (χ0v) is 9.43. The van der Waals surface area contributed by atoms with E-state index in [0.29, 0.717) is 12.2 Å². The molecule has 0 aliphatic carbocycles. The third kappa shape index (κ3) is 2.89. The van der Waals surface area contributed by atoms with Gasteiger partial charge in [0.05, 0.1) is 0 Å². The summed E-state index contributed by atoms with van der Waals surface area (Å²) in [7, 11) is 0. The molecular formula is C12H16O4. The molecule has 0 bridgehead atoms. The zero-order valence-electron chi connectivity index (χ0n) is 9.43. The van der Waals surface area contributed by atoms with Gasteiger partial charge in [0.15, 0.2) is 0 Å². The summed E-state index contributed by atoms with van der Waals surface area (Å²) in [6.07, 6.45) is 1.16. The van der Waals surface area contributed by atoms with Crippen molar-refractivity contribution in [2.45, 2.75) is 32.3 Å². The summed E-state index contributed by atoms with van der Waals surface area (Å²) in [6.45, 7) is 3.45. The minimum absolute atomic E-state index is 0.125. The van der Waals surface area contributed by atoms with Gasteiger partial charge in [0.2, 0.25) is 5.60 Å². The maximum atomic E-state index is 11.1. The van der Waals surface area contributed by atoms with Crippen LogP contribution in [0.25, 0.3) is 0 Å². The number of hydrogen-bond donors (Lipinski definition) is 2. The largest absolute Gasteiger partial charge is 0.508 e. The Morgan fingerprint density at radius 3 is 2.38 bits per heavy atom. The van der Waals surface area contributed by atoms with Crippen LogP contribution < -0.4 is 4.74 Å². The average molecular weight is 224 g/mol. The summed E-state index contributed by atoms with van der Waals surface area (Å²) in [5, 5.41) is 18.2. The number of carboxylic acids is 1. The van der Waals surface area contributed by atoms with Crippen LogP contribution in [0.5, 0.6) is 11.5 Å². The SMILES string of the molecule is CCCC(C)(Oc1ccc(O)cc1)C(=O)O. The third-order valence-electron chi connectivity index (χ3n) is 2.36. The second kappa shape index (κ2) is 4.88. The Hall–Kier alpha value is -1.71. The normalized spacial score (nSPS) is 14.1. The van der Waals surface area contributed by atoms with Gasteiger partial charge in [-0.15, -0.1) is 0 Å². The highest BCUT2D eigenvalue weighted by Crippen LogP contribution is 2.24. The first-order chi connectivity index (χ1) is 7.48. The van der Waals surface area contributed by atoms with E-state index in [0.717, 1.165) is 6.42 Å². The first kappa shape index (κ1) is 12.4. The number of aromatic hydroxyl groups is 1. The lowest BCUT2D eigenvalue weighted by Crippen LogP contribution is -2.41. The summed E-state index contributed by atoms with van der Waals surface area (Å²) >= 11 is 0. The Morgan fingerprint density at radius 2 is 1.94 bits per heavy atom. The second-order valence-electron chi connectivity index (χ2n) is 3.88. The van der Waals surface area contributed by atoms with E-state index in [1.165, 1.54) is 12.1 Å². The number of aliphatic carboxylic acids is 1. The molecule has 1 unspecified atom stereocenters. The van der Waals surface area contributed by atoms with Crippen molar-refractivity contribution in [3.05, 3.63) is 24.3 Å². The molecule has 1 atom stereocenters. The molecule has 0 radical (unpaired) electrons. The molecule has 2 N–H and O–H groups in total. The van der Waals surface area contributed by atoms with Gasteiger partial charge in [-0.2, -0.15) is 0 Å². The van der Waals surface area contributed by atoms with Gasteiger partial charge in [0.1, 0.15) is 11.5 Å². The molecule has 16 heavy (non-hydrogen) atoms. The number of ether oxygens (including phenoxy) is 1. The highest BCUT2D eigenvalue weighted by atomic mass is 16.5. The Bertz CT molecular complexity index is 358. The zero-order chi connectivity index (χ0) is 12.2. The topological polar surface area (TPSA) is 66.8 Å². The van der Waals surface area contributed by atoms with Crippen molar-refractivity contribution in [3.63, 3.8) is 0 Å². The molecule has 0 saturated carbocycles. The summed E-state index contributed by atoms with van der Waals surface area (Å²) in [6, 6.07) is 6.02. The third-order valence-corrected chi connectivity index (χ3v) is 2.36. The van der Waals surface area contributed by atoms with E-state index in [1.807, 2.05) is 6.92 Å². The van der Waals surface area contributed by atoms with Crippen LogP contribution in [-0.4, -0.2) is 21.8 Å². The number of carbonyl (C=O) groups is 1. The van der Waals surface area contributed by atoms with Crippen molar-refractivity contribution in [3.8, 4) is 11.5 Å². The molecule has 0 saturated heterocycles. The first-order valence-corrected chi connectivity index (χ1v) is 5.19. The standard InChI is InChI=1S/C12H16O4/c1-3-8-12(2,11(14)15)16-10-6-4-9(13)5-7-10/h4-7,13H,3,8H2,1-2H3,(H,14,15). The maximum Gasteiger partial charge on any atom is 0.347 e. The van der Waals surface area contributed by atoms with Crippen LogP contribution in [0, 0.1) is 0 Å². The lowest BCUT2D eigenvalue weighted by atomic mass is 10.0. The Labute approximate surface area is 94.5 Å². The summed E-state index contributed by atoms with van der Waals surface area (Å²) in [5.74, 6) is -0.418. The fraction of sp³-hybridized carbons (Fsp3) is 0.417. The van der Waals surface area contributed by atoms with Gasteiger partial charge in [-0.3, -0.25) is 0 Å². The minimum Gasteiger partial charge on any atom is -0.508 e. The van der Waals surface area contributed by atoms with Crippen LogP contribution in [0.3, 0.4) is 0 Å². The van der Waals surface area contributed by atoms with E-state index in [-0.39, 0.29) is 5.75 Å². The lowest BCUT2D eigenvalue weighted by Gasteiger charge is -2.25. The van der Waals surface area contributed by atoms with Crippen molar-refractivity contribution in [2.75, 3.05) is 0 Å². The molecule has 1 rings (SSSR count). The highest BCUT2D eigenvalue weighted by molar-refractivity contribution is 5.77. The molecule has 0 aromatic heterocycles. The van der Waals surface area contributed by atoms with Gasteiger partial charge in [0.25, 0.3) is 0 Å². The number of carboxylic acid groups (broad SMARTS) is 1. The first-order valence-electron chi connectivity index (χ1n) is 5.19. The average Bonchev–Trinajstić information content (AvgIpc) is 2.22. The second-order valence-corrected chi connectivity index (χ2v) is 3.88. The van der Waals surface area contributed by atoms with Gasteiger partial charge < -0.3 is 14.9 Å². The van der Waals surface area contributed by atoms with E-state index in [4.69, 9.17) is 14.9 Å². The van der Waals surface area contributed by atoms with Crippen molar-refractivity contribution in [1.82, 2.24) is 0 Å². The van der Waals surface area contributed by atoms with Gasteiger partial charge in [-0.05, 0) is 37.6 Å². The lowest BCUT2D eigenvalue weighted by molar-refractivity contribution is -0.154. The predicted molar refractivity (Wildman–Crippen MR) is 59.7 cm³/mol. The molecule has 0 aliphatic heterocycles. The van der Waals surface area contributed by atoms with Gasteiger partial charge in [-0.1, -0.05) is 13.3 Å². The van der Waals surface area contributed by atoms with Crippen LogP contribution >= 0.6 is 0 Å². The van der Waals surface area contributed by atoms with Crippen molar-refractivity contribution >= 4 is 5.97 Å².